The minimum absolute atomic E-state index is 0. The molecule has 0 bridgehead atoms. The highest BCUT2D eigenvalue weighted by molar-refractivity contribution is 14.0. The molecule has 0 heterocycles. The molecule has 1 aromatic carbocycles. The number of halogens is 1. The van der Waals surface area contributed by atoms with Gasteiger partial charge in [0.2, 0.25) is 0 Å². The lowest BCUT2D eigenvalue weighted by atomic mass is 10.1. The third kappa shape index (κ3) is 9.73. The van der Waals surface area contributed by atoms with Gasteiger partial charge in [0.1, 0.15) is 0 Å². The lowest BCUT2D eigenvalue weighted by Crippen LogP contribution is -2.37. The maximum Gasteiger partial charge on any atom is 0.191 e. The van der Waals surface area contributed by atoms with Gasteiger partial charge in [0.15, 0.2) is 5.96 Å². The second-order valence-corrected chi connectivity index (χ2v) is 6.87. The van der Waals surface area contributed by atoms with Gasteiger partial charge in [0, 0.05) is 39.9 Å². The van der Waals surface area contributed by atoms with Gasteiger partial charge < -0.3 is 20.3 Å². The fourth-order valence-corrected chi connectivity index (χ4v) is 2.58. The zero-order chi connectivity index (χ0) is 17.9. The largest absolute Gasteiger partial charge is 0.381 e. The minimum Gasteiger partial charge on any atom is -0.381 e. The van der Waals surface area contributed by atoms with Crippen LogP contribution in [0.1, 0.15) is 37.3 Å². The minimum atomic E-state index is 0. The van der Waals surface area contributed by atoms with Crippen LogP contribution < -0.4 is 10.6 Å². The maximum absolute atomic E-state index is 5.65. The summed E-state index contributed by atoms with van der Waals surface area (Å²) in [7, 11) is 3.95. The van der Waals surface area contributed by atoms with E-state index in [9.17, 15) is 0 Å². The van der Waals surface area contributed by atoms with Gasteiger partial charge in [0.25, 0.3) is 0 Å². The van der Waals surface area contributed by atoms with Crippen LogP contribution in [0, 0.1) is 5.92 Å². The van der Waals surface area contributed by atoms with Gasteiger partial charge in [-0.3, -0.25) is 4.99 Å². The number of hydrogen-bond acceptors (Lipinski definition) is 3. The number of nitrogens with one attached hydrogen (secondary N) is 2. The van der Waals surface area contributed by atoms with Crippen molar-refractivity contribution in [3.8, 4) is 0 Å². The van der Waals surface area contributed by atoms with Crippen LogP contribution in [0.4, 0.5) is 0 Å². The van der Waals surface area contributed by atoms with Gasteiger partial charge in [-0.2, -0.15) is 0 Å². The average Bonchev–Trinajstić information content (AvgIpc) is 3.45. The molecule has 2 rings (SSSR count). The molecular weight excluding hydrogens is 439 g/mol. The van der Waals surface area contributed by atoms with Crippen molar-refractivity contribution in [2.75, 3.05) is 40.4 Å². The Morgan fingerprint density at radius 3 is 2.73 bits per heavy atom. The quantitative estimate of drug-likeness (QED) is 0.224. The number of aliphatic imine (C=N–C) groups is 1. The third-order valence-corrected chi connectivity index (χ3v) is 4.48. The molecule has 148 valence electrons. The Bertz CT molecular complexity index is 534. The third-order valence-electron chi connectivity index (χ3n) is 4.48. The van der Waals surface area contributed by atoms with Crippen molar-refractivity contribution in [3.05, 3.63) is 35.4 Å². The van der Waals surface area contributed by atoms with Crippen LogP contribution in [0.3, 0.4) is 0 Å². The summed E-state index contributed by atoms with van der Waals surface area (Å²) in [5.41, 5.74) is 2.62. The number of guanidine groups is 1. The highest BCUT2D eigenvalue weighted by Gasteiger charge is 2.20. The molecule has 0 unspecified atom stereocenters. The van der Waals surface area contributed by atoms with Gasteiger partial charge >= 0.3 is 0 Å². The van der Waals surface area contributed by atoms with Gasteiger partial charge in [-0.1, -0.05) is 31.2 Å². The number of hydrogen-bond donors (Lipinski definition) is 2. The summed E-state index contributed by atoms with van der Waals surface area (Å²) >= 11 is 0. The molecular formula is C20H35IN4O. The molecule has 26 heavy (non-hydrogen) atoms. The molecule has 2 N–H and O–H groups in total. The Labute approximate surface area is 176 Å². The monoisotopic (exact) mass is 474 g/mol. The second-order valence-electron chi connectivity index (χ2n) is 6.87. The van der Waals surface area contributed by atoms with Gasteiger partial charge in [-0.25, -0.2) is 0 Å². The average molecular weight is 474 g/mol. The van der Waals surface area contributed by atoms with Crippen LogP contribution in [-0.2, 0) is 17.8 Å². The molecule has 1 aliphatic rings. The summed E-state index contributed by atoms with van der Waals surface area (Å²) in [5, 5.41) is 6.73. The van der Waals surface area contributed by atoms with Crippen molar-refractivity contribution < 1.29 is 4.74 Å². The van der Waals surface area contributed by atoms with Gasteiger partial charge in [-0.15, -0.1) is 24.0 Å². The fourth-order valence-electron chi connectivity index (χ4n) is 2.58. The van der Waals surface area contributed by atoms with Crippen molar-refractivity contribution in [1.29, 1.82) is 0 Å². The van der Waals surface area contributed by atoms with E-state index in [1.165, 1.54) is 24.0 Å². The Morgan fingerprint density at radius 1 is 1.27 bits per heavy atom. The molecule has 1 aliphatic carbocycles. The number of rotatable bonds is 11. The SMILES string of the molecule is CCN(C)Cc1cccc(CNC(=NC)NCCCOCC2CC2)c1.I. The molecule has 5 nitrogen and oxygen atoms in total. The summed E-state index contributed by atoms with van der Waals surface area (Å²) < 4.78 is 5.65. The predicted octanol–water partition coefficient (Wildman–Crippen LogP) is 3.24. The van der Waals surface area contributed by atoms with Crippen LogP contribution in [0.25, 0.3) is 0 Å². The van der Waals surface area contributed by atoms with Gasteiger partial charge in [0.05, 0.1) is 0 Å². The normalized spacial score (nSPS) is 14.2. The standard InChI is InChI=1S/C20H34N4O.HI/c1-4-24(3)15-19-8-5-7-18(13-19)14-23-20(21-2)22-11-6-12-25-16-17-9-10-17;/h5,7-8,13,17H,4,6,9-12,14-16H2,1-3H3,(H2,21,22,23);1H. The molecule has 0 amide bonds. The predicted molar refractivity (Wildman–Crippen MR) is 120 cm³/mol. The van der Waals surface area contributed by atoms with Crippen molar-refractivity contribution in [2.24, 2.45) is 10.9 Å². The molecule has 0 aromatic heterocycles. The zero-order valence-electron chi connectivity index (χ0n) is 16.5. The smallest absolute Gasteiger partial charge is 0.191 e. The van der Waals surface area contributed by atoms with Crippen molar-refractivity contribution in [2.45, 2.75) is 39.3 Å². The van der Waals surface area contributed by atoms with E-state index < -0.39 is 0 Å². The Kier molecular flexibility index (Phi) is 11.9. The van der Waals surface area contributed by atoms with Crippen LogP contribution in [0.5, 0.6) is 0 Å². The van der Waals surface area contributed by atoms with Crippen LogP contribution in [0.15, 0.2) is 29.3 Å². The molecule has 1 fully saturated rings. The Morgan fingerprint density at radius 2 is 2.04 bits per heavy atom. The van der Waals surface area contributed by atoms with E-state index in [2.05, 4.69) is 58.8 Å². The van der Waals surface area contributed by atoms with Crippen LogP contribution in [-0.4, -0.2) is 51.3 Å². The molecule has 0 aliphatic heterocycles. The summed E-state index contributed by atoms with van der Waals surface area (Å²) in [5.74, 6) is 1.69. The number of benzene rings is 1. The first-order valence-corrected chi connectivity index (χ1v) is 9.50. The Hall–Kier alpha value is -0.860. The lowest BCUT2D eigenvalue weighted by molar-refractivity contribution is 0.123. The second kappa shape index (κ2) is 13.3. The van der Waals surface area contributed by atoms with Crippen molar-refractivity contribution >= 4 is 29.9 Å². The van der Waals surface area contributed by atoms with Crippen molar-refractivity contribution in [1.82, 2.24) is 15.5 Å². The maximum atomic E-state index is 5.65. The summed E-state index contributed by atoms with van der Waals surface area (Å²) in [4.78, 5) is 6.59. The van der Waals surface area contributed by atoms with Crippen LogP contribution >= 0.6 is 24.0 Å². The van der Waals surface area contributed by atoms with E-state index >= 15 is 0 Å². The molecule has 1 saturated carbocycles. The first-order chi connectivity index (χ1) is 12.2. The summed E-state index contributed by atoms with van der Waals surface area (Å²) in [6, 6.07) is 8.73. The molecule has 1 aromatic rings. The van der Waals surface area contributed by atoms with E-state index in [0.29, 0.717) is 0 Å². The molecule has 6 heteroatoms. The number of ether oxygens (including phenoxy) is 1. The molecule has 0 saturated heterocycles. The first kappa shape index (κ1) is 23.2. The van der Waals surface area contributed by atoms with Gasteiger partial charge in [-0.05, 0) is 49.9 Å². The number of nitrogens with zero attached hydrogens (tertiary/aromatic N) is 2. The van der Waals surface area contributed by atoms with Crippen molar-refractivity contribution in [3.63, 3.8) is 0 Å². The highest BCUT2D eigenvalue weighted by Crippen LogP contribution is 2.28. The summed E-state index contributed by atoms with van der Waals surface area (Å²) in [6.07, 6.45) is 3.71. The topological polar surface area (TPSA) is 48.9 Å². The van der Waals surface area contributed by atoms with E-state index in [-0.39, 0.29) is 24.0 Å². The van der Waals surface area contributed by atoms with E-state index in [1.54, 1.807) is 0 Å². The van der Waals surface area contributed by atoms with E-state index in [4.69, 9.17) is 4.74 Å². The van der Waals surface area contributed by atoms with E-state index in [1.807, 2.05) is 7.05 Å². The highest BCUT2D eigenvalue weighted by atomic mass is 127. The Balaban J connectivity index is 0.00000338. The first-order valence-electron chi connectivity index (χ1n) is 9.50. The van der Waals surface area contributed by atoms with E-state index in [0.717, 1.165) is 57.7 Å². The van der Waals surface area contributed by atoms with Crippen LogP contribution in [0.2, 0.25) is 0 Å². The zero-order valence-corrected chi connectivity index (χ0v) is 18.8. The molecule has 0 spiro atoms. The fraction of sp³-hybridized carbons (Fsp3) is 0.650. The molecule has 0 radical (unpaired) electrons. The summed E-state index contributed by atoms with van der Waals surface area (Å²) in [6.45, 7) is 7.65. The molecule has 0 atom stereocenters. The lowest BCUT2D eigenvalue weighted by Gasteiger charge is -2.15.